The third-order valence-electron chi connectivity index (χ3n) is 3.19. The summed E-state index contributed by atoms with van der Waals surface area (Å²) in [6.07, 6.45) is 1.31. The van der Waals surface area contributed by atoms with Gasteiger partial charge in [0.2, 0.25) is 0 Å². The van der Waals surface area contributed by atoms with Crippen LogP contribution in [0, 0.1) is 11.7 Å². The van der Waals surface area contributed by atoms with Crippen molar-refractivity contribution >= 4 is 5.69 Å². The average molecular weight is 224 g/mol. The highest BCUT2D eigenvalue weighted by Crippen LogP contribution is 2.31. The molecule has 0 bridgehead atoms. The van der Waals surface area contributed by atoms with Crippen molar-refractivity contribution in [3.63, 3.8) is 0 Å². The van der Waals surface area contributed by atoms with E-state index < -0.39 is 11.9 Å². The van der Waals surface area contributed by atoms with Crippen molar-refractivity contribution in [2.24, 2.45) is 5.92 Å². The molecule has 4 N–H and O–H groups in total. The van der Waals surface area contributed by atoms with Crippen LogP contribution in [-0.2, 0) is 0 Å². The molecule has 1 fully saturated rings. The molecule has 2 rings (SSSR count). The summed E-state index contributed by atoms with van der Waals surface area (Å²) in [5.41, 5.74) is 6.21. The Labute approximate surface area is 94.5 Å². The molecule has 1 aromatic rings. The number of para-hydroxylation sites is 1. The maximum Gasteiger partial charge on any atom is 0.146 e. The summed E-state index contributed by atoms with van der Waals surface area (Å²) in [6.45, 7) is 1.75. The van der Waals surface area contributed by atoms with Crippen LogP contribution in [0.2, 0.25) is 0 Å². The first-order valence-electron chi connectivity index (χ1n) is 5.63. The predicted molar refractivity (Wildman–Crippen MR) is 61.4 cm³/mol. The smallest absolute Gasteiger partial charge is 0.146 e. The summed E-state index contributed by atoms with van der Waals surface area (Å²) in [6, 6.07) is 4.59. The first-order valence-corrected chi connectivity index (χ1v) is 5.63. The van der Waals surface area contributed by atoms with E-state index >= 15 is 0 Å². The summed E-state index contributed by atoms with van der Waals surface area (Å²) in [5.74, 6) is -0.335. The van der Waals surface area contributed by atoms with Crippen LogP contribution in [-0.4, -0.2) is 18.2 Å². The number of hydrogen-bond acceptors (Lipinski definition) is 3. The van der Waals surface area contributed by atoms with Gasteiger partial charge in [0, 0.05) is 18.0 Å². The molecule has 0 aliphatic carbocycles. The highest BCUT2D eigenvalue weighted by atomic mass is 19.1. The van der Waals surface area contributed by atoms with Gasteiger partial charge in [-0.15, -0.1) is 0 Å². The zero-order valence-electron chi connectivity index (χ0n) is 9.12. The number of aliphatic hydroxyl groups is 1. The first kappa shape index (κ1) is 11.4. The van der Waals surface area contributed by atoms with Gasteiger partial charge in [-0.25, -0.2) is 4.39 Å². The largest absolute Gasteiger partial charge is 0.396 e. The Morgan fingerprint density at radius 3 is 3.00 bits per heavy atom. The van der Waals surface area contributed by atoms with E-state index in [9.17, 15) is 9.50 Å². The Hall–Kier alpha value is -1.13. The van der Waals surface area contributed by atoms with Gasteiger partial charge in [-0.05, 0) is 25.5 Å². The van der Waals surface area contributed by atoms with Crippen LogP contribution in [0.25, 0.3) is 0 Å². The number of benzene rings is 1. The summed E-state index contributed by atoms with van der Waals surface area (Å²) in [4.78, 5) is 0. The monoisotopic (exact) mass is 224 g/mol. The minimum Gasteiger partial charge on any atom is -0.396 e. The summed E-state index contributed by atoms with van der Waals surface area (Å²) in [5, 5.41) is 13.4. The molecule has 0 aromatic heterocycles. The van der Waals surface area contributed by atoms with Gasteiger partial charge >= 0.3 is 0 Å². The highest BCUT2D eigenvalue weighted by Gasteiger charge is 2.25. The standard InChI is InChI=1S/C12H17FN2O/c13-10-5-1-4-9(11(10)14)12(16)8-3-2-6-15-7-8/h1,4-5,8,12,15-16H,2-3,6-7,14H2. The van der Waals surface area contributed by atoms with Crippen molar-refractivity contribution in [1.82, 2.24) is 5.32 Å². The zero-order chi connectivity index (χ0) is 11.5. The molecule has 4 heteroatoms. The van der Waals surface area contributed by atoms with Crippen molar-refractivity contribution in [2.45, 2.75) is 18.9 Å². The lowest BCUT2D eigenvalue weighted by molar-refractivity contribution is 0.0926. The van der Waals surface area contributed by atoms with Crippen molar-refractivity contribution in [1.29, 1.82) is 0 Å². The highest BCUT2D eigenvalue weighted by molar-refractivity contribution is 5.49. The Balaban J connectivity index is 2.19. The number of anilines is 1. The Bertz CT molecular complexity index is 364. The van der Waals surface area contributed by atoms with E-state index in [4.69, 9.17) is 5.73 Å². The molecule has 0 saturated carbocycles. The Kier molecular flexibility index (Phi) is 3.41. The quantitative estimate of drug-likeness (QED) is 0.666. The normalized spacial score (nSPS) is 23.0. The predicted octanol–water partition coefficient (Wildman–Crippen LogP) is 1.44. The van der Waals surface area contributed by atoms with E-state index in [-0.39, 0.29) is 11.6 Å². The van der Waals surface area contributed by atoms with Gasteiger partial charge in [-0.1, -0.05) is 12.1 Å². The second kappa shape index (κ2) is 4.80. The van der Waals surface area contributed by atoms with Crippen LogP contribution >= 0.6 is 0 Å². The fourth-order valence-corrected chi connectivity index (χ4v) is 2.21. The SMILES string of the molecule is Nc1c(F)cccc1C(O)C1CCCNC1. The van der Waals surface area contributed by atoms with Gasteiger partial charge in [0.05, 0.1) is 11.8 Å². The Morgan fingerprint density at radius 1 is 1.50 bits per heavy atom. The van der Waals surface area contributed by atoms with Crippen molar-refractivity contribution < 1.29 is 9.50 Å². The molecule has 1 aromatic carbocycles. The minimum absolute atomic E-state index is 0.0700. The third kappa shape index (κ3) is 2.18. The molecule has 0 spiro atoms. The summed E-state index contributed by atoms with van der Waals surface area (Å²) < 4.78 is 13.3. The number of nitrogens with one attached hydrogen (secondary N) is 1. The minimum atomic E-state index is -0.677. The molecule has 1 saturated heterocycles. The van der Waals surface area contributed by atoms with Gasteiger partial charge < -0.3 is 16.2 Å². The van der Waals surface area contributed by atoms with E-state index in [1.165, 1.54) is 6.07 Å². The van der Waals surface area contributed by atoms with Crippen LogP contribution in [0.1, 0.15) is 24.5 Å². The molecule has 1 heterocycles. The van der Waals surface area contributed by atoms with E-state index in [1.54, 1.807) is 12.1 Å². The molecule has 1 aliphatic heterocycles. The van der Waals surface area contributed by atoms with Gasteiger partial charge in [0.15, 0.2) is 0 Å². The lowest BCUT2D eigenvalue weighted by Gasteiger charge is -2.28. The van der Waals surface area contributed by atoms with Crippen LogP contribution in [0.15, 0.2) is 18.2 Å². The topological polar surface area (TPSA) is 58.3 Å². The van der Waals surface area contributed by atoms with Gasteiger partial charge in [-0.3, -0.25) is 0 Å². The summed E-state index contributed by atoms with van der Waals surface area (Å²) >= 11 is 0. The number of hydrogen-bond donors (Lipinski definition) is 3. The fraction of sp³-hybridized carbons (Fsp3) is 0.500. The molecule has 1 aliphatic rings. The molecule has 2 unspecified atom stereocenters. The maximum absolute atomic E-state index is 13.3. The number of nitrogens with two attached hydrogens (primary N) is 1. The number of piperidine rings is 1. The summed E-state index contributed by atoms with van der Waals surface area (Å²) in [7, 11) is 0. The number of aliphatic hydroxyl groups excluding tert-OH is 1. The van der Waals surface area contributed by atoms with Gasteiger partial charge in [0.25, 0.3) is 0 Å². The fourth-order valence-electron chi connectivity index (χ4n) is 2.21. The molecule has 0 radical (unpaired) electrons. The van der Waals surface area contributed by atoms with Crippen LogP contribution < -0.4 is 11.1 Å². The van der Waals surface area contributed by atoms with Crippen LogP contribution in [0.4, 0.5) is 10.1 Å². The second-order valence-electron chi connectivity index (χ2n) is 4.29. The molecule has 16 heavy (non-hydrogen) atoms. The molecule has 3 nitrogen and oxygen atoms in total. The van der Waals surface area contributed by atoms with Crippen LogP contribution in [0.5, 0.6) is 0 Å². The molecule has 88 valence electrons. The van der Waals surface area contributed by atoms with Gasteiger partial charge in [-0.2, -0.15) is 0 Å². The molecule has 0 amide bonds. The average Bonchev–Trinajstić information content (AvgIpc) is 2.33. The van der Waals surface area contributed by atoms with E-state index in [0.717, 1.165) is 25.9 Å². The lowest BCUT2D eigenvalue weighted by atomic mass is 9.89. The lowest BCUT2D eigenvalue weighted by Crippen LogP contribution is -2.33. The molecular weight excluding hydrogens is 207 g/mol. The number of nitrogen functional groups attached to an aromatic ring is 1. The molecular formula is C12H17FN2O. The Morgan fingerprint density at radius 2 is 2.31 bits per heavy atom. The third-order valence-corrected chi connectivity index (χ3v) is 3.19. The van der Waals surface area contributed by atoms with E-state index in [0.29, 0.717) is 5.56 Å². The van der Waals surface area contributed by atoms with Gasteiger partial charge in [0.1, 0.15) is 5.82 Å². The molecule has 2 atom stereocenters. The number of rotatable bonds is 2. The zero-order valence-corrected chi connectivity index (χ0v) is 9.12. The van der Waals surface area contributed by atoms with Crippen molar-refractivity contribution in [2.75, 3.05) is 18.8 Å². The first-order chi connectivity index (χ1) is 7.70. The van der Waals surface area contributed by atoms with Crippen molar-refractivity contribution in [3.8, 4) is 0 Å². The number of halogens is 1. The van der Waals surface area contributed by atoms with E-state index in [2.05, 4.69) is 5.32 Å². The van der Waals surface area contributed by atoms with Crippen molar-refractivity contribution in [3.05, 3.63) is 29.6 Å². The second-order valence-corrected chi connectivity index (χ2v) is 4.29. The van der Waals surface area contributed by atoms with Crippen LogP contribution in [0.3, 0.4) is 0 Å². The van der Waals surface area contributed by atoms with E-state index in [1.807, 2.05) is 0 Å². The maximum atomic E-state index is 13.3.